The number of hydrogen-bond acceptors (Lipinski definition) is 3. The molecule has 0 saturated heterocycles. The van der Waals surface area contributed by atoms with E-state index in [1.54, 1.807) is 7.05 Å². The molecule has 0 amide bonds. The van der Waals surface area contributed by atoms with Crippen molar-refractivity contribution in [3.8, 4) is 11.5 Å². The largest absolute Gasteiger partial charge is 0.417 e. The second-order valence-electron chi connectivity index (χ2n) is 4.39. The van der Waals surface area contributed by atoms with E-state index in [4.69, 9.17) is 0 Å². The molecule has 0 aromatic carbocycles. The zero-order valence-corrected chi connectivity index (χ0v) is 10.7. The van der Waals surface area contributed by atoms with Crippen LogP contribution in [0.4, 0.5) is 17.6 Å². The van der Waals surface area contributed by atoms with Gasteiger partial charge >= 0.3 is 6.18 Å². The zero-order chi connectivity index (χ0) is 15.2. The minimum Gasteiger partial charge on any atom is -0.310 e. The van der Waals surface area contributed by atoms with Gasteiger partial charge in [0.2, 0.25) is 0 Å². The van der Waals surface area contributed by atoms with Gasteiger partial charge in [0.05, 0.1) is 5.56 Å². The van der Waals surface area contributed by atoms with Crippen molar-refractivity contribution in [3.63, 3.8) is 0 Å². The molecular formula is C13H8F4N4. The summed E-state index contributed by atoms with van der Waals surface area (Å²) >= 11 is 0. The first-order valence-electron chi connectivity index (χ1n) is 5.88. The van der Waals surface area contributed by atoms with Crippen LogP contribution in [-0.4, -0.2) is 19.5 Å². The Morgan fingerprint density at radius 1 is 1.19 bits per heavy atom. The molecule has 0 unspecified atom stereocenters. The van der Waals surface area contributed by atoms with Crippen molar-refractivity contribution < 1.29 is 17.6 Å². The van der Waals surface area contributed by atoms with Crippen LogP contribution < -0.4 is 0 Å². The van der Waals surface area contributed by atoms with E-state index in [2.05, 4.69) is 15.0 Å². The SMILES string of the molecule is Cn1c(-c2ncccc2F)nc2cc(C(F)(F)F)cnc21. The van der Waals surface area contributed by atoms with Crippen LogP contribution in [0.2, 0.25) is 0 Å². The number of fused-ring (bicyclic) bond motifs is 1. The molecule has 0 saturated carbocycles. The molecule has 3 rings (SSSR count). The molecule has 0 aliphatic heterocycles. The summed E-state index contributed by atoms with van der Waals surface area (Å²) < 4.78 is 53.1. The third-order valence-electron chi connectivity index (χ3n) is 3.01. The number of rotatable bonds is 1. The summed E-state index contributed by atoms with van der Waals surface area (Å²) in [6.45, 7) is 0. The minimum absolute atomic E-state index is 0.0346. The number of hydrogen-bond donors (Lipinski definition) is 0. The van der Waals surface area contributed by atoms with Crippen LogP contribution in [0.25, 0.3) is 22.7 Å². The summed E-state index contributed by atoms with van der Waals surface area (Å²) in [5, 5.41) is 0. The van der Waals surface area contributed by atoms with Gasteiger partial charge in [-0.15, -0.1) is 0 Å². The minimum atomic E-state index is -4.50. The monoisotopic (exact) mass is 296 g/mol. The summed E-state index contributed by atoms with van der Waals surface area (Å²) in [6.07, 6.45) is -2.40. The fourth-order valence-electron chi connectivity index (χ4n) is 1.99. The first-order valence-corrected chi connectivity index (χ1v) is 5.88. The number of halogens is 4. The van der Waals surface area contributed by atoms with Crippen molar-refractivity contribution in [2.24, 2.45) is 7.05 Å². The Hall–Kier alpha value is -2.51. The van der Waals surface area contributed by atoms with Gasteiger partial charge in [0.1, 0.15) is 11.2 Å². The van der Waals surface area contributed by atoms with Crippen LogP contribution in [0.3, 0.4) is 0 Å². The highest BCUT2D eigenvalue weighted by Gasteiger charge is 2.31. The molecule has 0 spiro atoms. The lowest BCUT2D eigenvalue weighted by Gasteiger charge is -2.05. The van der Waals surface area contributed by atoms with E-state index in [0.29, 0.717) is 0 Å². The molecule has 0 bridgehead atoms. The predicted octanol–water partition coefficient (Wildman–Crippen LogP) is 3.19. The summed E-state index contributed by atoms with van der Waals surface area (Å²) in [4.78, 5) is 11.6. The summed E-state index contributed by atoms with van der Waals surface area (Å²) in [5.41, 5.74) is -0.678. The molecule has 8 heteroatoms. The Morgan fingerprint density at radius 2 is 1.95 bits per heavy atom. The Kier molecular flexibility index (Phi) is 2.89. The van der Waals surface area contributed by atoms with Gasteiger partial charge in [-0.05, 0) is 18.2 Å². The Bertz CT molecular complexity index is 823. The fourth-order valence-corrected chi connectivity index (χ4v) is 1.99. The maximum Gasteiger partial charge on any atom is 0.417 e. The summed E-state index contributed by atoms with van der Waals surface area (Å²) in [6, 6.07) is 3.50. The van der Waals surface area contributed by atoms with Crippen LogP contribution in [0.1, 0.15) is 5.56 Å². The van der Waals surface area contributed by atoms with E-state index < -0.39 is 17.6 Å². The lowest BCUT2D eigenvalue weighted by Crippen LogP contribution is -2.05. The average Bonchev–Trinajstić information content (AvgIpc) is 2.75. The topological polar surface area (TPSA) is 43.6 Å². The van der Waals surface area contributed by atoms with E-state index in [0.717, 1.165) is 12.3 Å². The highest BCUT2D eigenvalue weighted by molar-refractivity contribution is 5.76. The number of aromatic nitrogens is 4. The molecule has 0 aliphatic rings. The van der Waals surface area contributed by atoms with E-state index in [1.807, 2.05) is 0 Å². The fraction of sp³-hybridized carbons (Fsp3) is 0.154. The van der Waals surface area contributed by atoms with Gasteiger partial charge in [-0.3, -0.25) is 0 Å². The highest BCUT2D eigenvalue weighted by Crippen LogP contribution is 2.31. The van der Waals surface area contributed by atoms with Gasteiger partial charge in [-0.1, -0.05) is 0 Å². The first-order chi connectivity index (χ1) is 9.88. The third kappa shape index (κ3) is 2.22. The Labute approximate surface area is 116 Å². The molecule has 0 aliphatic carbocycles. The molecule has 4 nitrogen and oxygen atoms in total. The van der Waals surface area contributed by atoms with Crippen molar-refractivity contribution >= 4 is 11.2 Å². The third-order valence-corrected chi connectivity index (χ3v) is 3.01. The lowest BCUT2D eigenvalue weighted by molar-refractivity contribution is -0.137. The standard InChI is InChI=1S/C13H8F4N4/c1-21-11-9(5-7(6-19-11)13(15,16)17)20-12(21)10-8(14)3-2-4-18-10/h2-6H,1H3. The van der Waals surface area contributed by atoms with Crippen LogP contribution in [0.5, 0.6) is 0 Å². The molecule has 0 atom stereocenters. The van der Waals surface area contributed by atoms with Crippen LogP contribution in [0, 0.1) is 5.82 Å². The normalized spacial score (nSPS) is 12.0. The maximum atomic E-state index is 13.7. The van der Waals surface area contributed by atoms with Crippen molar-refractivity contribution in [1.29, 1.82) is 0 Å². The first kappa shape index (κ1) is 13.5. The van der Waals surface area contributed by atoms with Gasteiger partial charge in [0.15, 0.2) is 17.3 Å². The summed E-state index contributed by atoms with van der Waals surface area (Å²) in [5.74, 6) is -0.484. The second kappa shape index (κ2) is 4.51. The lowest BCUT2D eigenvalue weighted by atomic mass is 10.2. The van der Waals surface area contributed by atoms with Crippen molar-refractivity contribution in [2.75, 3.05) is 0 Å². The molecule has 0 radical (unpaired) electrons. The number of nitrogens with zero attached hydrogens (tertiary/aromatic N) is 4. The molecule has 3 aromatic rings. The molecule has 21 heavy (non-hydrogen) atoms. The number of pyridine rings is 2. The van der Waals surface area contributed by atoms with Gasteiger partial charge in [0.25, 0.3) is 0 Å². The number of aryl methyl sites for hydroxylation is 1. The average molecular weight is 296 g/mol. The van der Waals surface area contributed by atoms with Crippen molar-refractivity contribution in [2.45, 2.75) is 6.18 Å². The second-order valence-corrected chi connectivity index (χ2v) is 4.39. The van der Waals surface area contributed by atoms with Gasteiger partial charge in [-0.25, -0.2) is 19.3 Å². The van der Waals surface area contributed by atoms with Crippen molar-refractivity contribution in [3.05, 3.63) is 42.0 Å². The van der Waals surface area contributed by atoms with Gasteiger partial charge in [0, 0.05) is 19.4 Å². The van der Waals surface area contributed by atoms with Gasteiger partial charge in [-0.2, -0.15) is 13.2 Å². The van der Waals surface area contributed by atoms with Crippen LogP contribution >= 0.6 is 0 Å². The van der Waals surface area contributed by atoms with Crippen LogP contribution in [0.15, 0.2) is 30.6 Å². The van der Waals surface area contributed by atoms with E-state index in [1.165, 1.54) is 22.9 Å². The Morgan fingerprint density at radius 3 is 2.62 bits per heavy atom. The molecule has 0 fully saturated rings. The predicted molar refractivity (Wildman–Crippen MR) is 66.7 cm³/mol. The van der Waals surface area contributed by atoms with E-state index >= 15 is 0 Å². The molecule has 108 valence electrons. The van der Waals surface area contributed by atoms with E-state index in [-0.39, 0.29) is 22.7 Å². The quantitative estimate of drug-likeness (QED) is 0.648. The van der Waals surface area contributed by atoms with Crippen molar-refractivity contribution in [1.82, 2.24) is 19.5 Å². The maximum absolute atomic E-state index is 13.7. The van der Waals surface area contributed by atoms with Crippen LogP contribution in [-0.2, 0) is 13.2 Å². The number of imidazole rings is 1. The zero-order valence-electron chi connectivity index (χ0n) is 10.7. The molecule has 3 aromatic heterocycles. The Balaban J connectivity index is 2.23. The summed E-state index contributed by atoms with van der Waals surface area (Å²) in [7, 11) is 1.54. The van der Waals surface area contributed by atoms with Gasteiger partial charge < -0.3 is 4.57 Å². The molecule has 3 heterocycles. The number of alkyl halides is 3. The smallest absolute Gasteiger partial charge is 0.310 e. The molecule has 0 N–H and O–H groups in total. The van der Waals surface area contributed by atoms with E-state index in [9.17, 15) is 17.6 Å². The highest BCUT2D eigenvalue weighted by atomic mass is 19.4. The molecular weight excluding hydrogens is 288 g/mol.